The fraction of sp³-hybridized carbons (Fsp3) is 0.185. The molecule has 1 aliphatic heterocycles. The Bertz CT molecular complexity index is 1480. The molecule has 190 valence electrons. The Morgan fingerprint density at radius 1 is 0.973 bits per heavy atom. The number of carbonyl (C=O) groups is 2. The van der Waals surface area contributed by atoms with E-state index in [-0.39, 0.29) is 12.5 Å². The first kappa shape index (κ1) is 24.4. The number of benzene rings is 3. The number of ether oxygens (including phenoxy) is 2. The van der Waals surface area contributed by atoms with E-state index in [9.17, 15) is 27.2 Å². The summed E-state index contributed by atoms with van der Waals surface area (Å²) in [5.41, 5.74) is 2.90. The van der Waals surface area contributed by atoms with Crippen molar-refractivity contribution in [3.63, 3.8) is 0 Å². The van der Waals surface area contributed by atoms with Crippen molar-refractivity contribution < 1.29 is 36.6 Å². The Kier molecular flexibility index (Phi) is 6.32. The maximum Gasteiger partial charge on any atom is 0.328 e. The Labute approximate surface area is 208 Å². The van der Waals surface area contributed by atoms with E-state index in [1.54, 1.807) is 30.3 Å². The van der Waals surface area contributed by atoms with Gasteiger partial charge in [0.25, 0.3) is 5.91 Å². The number of hydrogen-bond donors (Lipinski definition) is 1. The normalized spacial score (nSPS) is 16.9. The minimum absolute atomic E-state index is 0.0418. The number of fused-ring (bicyclic) bond motifs is 3. The molecule has 0 spiro atoms. The van der Waals surface area contributed by atoms with Gasteiger partial charge in [0.05, 0.1) is 13.2 Å². The van der Waals surface area contributed by atoms with Crippen molar-refractivity contribution >= 4 is 22.8 Å². The number of hydrogen-bond acceptors (Lipinski definition) is 4. The number of aromatic nitrogens is 1. The van der Waals surface area contributed by atoms with Crippen LogP contribution in [0.4, 0.5) is 17.6 Å². The van der Waals surface area contributed by atoms with Crippen molar-refractivity contribution in [2.75, 3.05) is 13.7 Å². The number of esters is 1. The number of para-hydroxylation sites is 1. The van der Waals surface area contributed by atoms with Crippen molar-refractivity contribution in [3.05, 3.63) is 101 Å². The van der Waals surface area contributed by atoms with Crippen LogP contribution in [-0.2, 0) is 20.7 Å². The SMILES string of the molecule is COC(=O)[C@H]1Cc2c([nH]c3ccccc23)[C@H](c2ccccc2)N1C(=O)COc1c(F)c(F)cc(F)c1F. The van der Waals surface area contributed by atoms with Gasteiger partial charge in [-0.15, -0.1) is 0 Å². The molecule has 4 aromatic rings. The number of halogens is 4. The van der Waals surface area contributed by atoms with E-state index >= 15 is 0 Å². The van der Waals surface area contributed by atoms with Crippen molar-refractivity contribution in [1.82, 2.24) is 9.88 Å². The summed E-state index contributed by atoms with van der Waals surface area (Å²) < 4.78 is 65.5. The maximum atomic E-state index is 14.1. The number of methoxy groups -OCH3 is 1. The molecule has 2 atom stereocenters. The number of carbonyl (C=O) groups excluding carboxylic acids is 2. The summed E-state index contributed by atoms with van der Waals surface area (Å²) in [5.74, 6) is -9.80. The van der Waals surface area contributed by atoms with Crippen LogP contribution in [0.5, 0.6) is 5.75 Å². The smallest absolute Gasteiger partial charge is 0.328 e. The molecule has 10 heteroatoms. The predicted molar refractivity (Wildman–Crippen MR) is 125 cm³/mol. The van der Waals surface area contributed by atoms with Crippen molar-refractivity contribution in [3.8, 4) is 5.75 Å². The van der Waals surface area contributed by atoms with Crippen LogP contribution in [0, 0.1) is 23.3 Å². The molecule has 0 fully saturated rings. The Morgan fingerprint density at radius 2 is 1.62 bits per heavy atom. The third kappa shape index (κ3) is 4.18. The zero-order chi connectivity index (χ0) is 26.3. The van der Waals surface area contributed by atoms with Crippen LogP contribution in [0.25, 0.3) is 10.9 Å². The summed E-state index contributed by atoms with van der Waals surface area (Å²) >= 11 is 0. The van der Waals surface area contributed by atoms with E-state index in [1.807, 2.05) is 24.3 Å². The first-order valence-corrected chi connectivity index (χ1v) is 11.3. The largest absolute Gasteiger partial charge is 0.477 e. The summed E-state index contributed by atoms with van der Waals surface area (Å²) in [7, 11) is 1.18. The van der Waals surface area contributed by atoms with Crippen LogP contribution in [-0.4, -0.2) is 41.5 Å². The van der Waals surface area contributed by atoms with E-state index in [4.69, 9.17) is 9.47 Å². The van der Waals surface area contributed by atoms with Crippen molar-refractivity contribution in [2.45, 2.75) is 18.5 Å². The molecule has 1 N–H and O–H groups in total. The van der Waals surface area contributed by atoms with Crippen molar-refractivity contribution in [1.29, 1.82) is 0 Å². The number of rotatable bonds is 5. The number of amides is 1. The third-order valence-electron chi connectivity index (χ3n) is 6.42. The quantitative estimate of drug-likeness (QED) is 0.237. The van der Waals surface area contributed by atoms with Crippen LogP contribution in [0.3, 0.4) is 0 Å². The molecular weight excluding hydrogens is 492 g/mol. The lowest BCUT2D eigenvalue weighted by Crippen LogP contribution is -2.53. The molecule has 37 heavy (non-hydrogen) atoms. The van der Waals surface area contributed by atoms with E-state index in [0.717, 1.165) is 16.5 Å². The molecule has 0 radical (unpaired) electrons. The lowest BCUT2D eigenvalue weighted by Gasteiger charge is -2.40. The molecule has 3 aromatic carbocycles. The molecule has 0 saturated heterocycles. The standard InChI is InChI=1S/C27H20F4N2O4/c1-36-27(35)20-11-16-15-9-5-6-10-19(15)32-24(16)25(14-7-3-2-4-8-14)33(20)21(34)13-37-26-22(30)17(28)12-18(29)23(26)31/h2-10,12,20,25,32H,11,13H2,1H3/t20-,25+/m1/s1. The van der Waals surface area contributed by atoms with Crippen molar-refractivity contribution in [2.24, 2.45) is 0 Å². The monoisotopic (exact) mass is 512 g/mol. The van der Waals surface area contributed by atoms with Crippen LogP contribution in [0.1, 0.15) is 22.9 Å². The Hall–Kier alpha value is -4.34. The summed E-state index contributed by atoms with van der Waals surface area (Å²) in [6.45, 7) is -0.997. The van der Waals surface area contributed by atoms with Gasteiger partial charge in [0.15, 0.2) is 24.0 Å². The van der Waals surface area contributed by atoms with Crippen LogP contribution in [0.15, 0.2) is 60.7 Å². The van der Waals surface area contributed by atoms with Crippen LogP contribution in [0.2, 0.25) is 0 Å². The Balaban J connectivity index is 1.60. The van der Waals surface area contributed by atoms with Gasteiger partial charge < -0.3 is 19.4 Å². The van der Waals surface area contributed by atoms with Crippen LogP contribution >= 0.6 is 0 Å². The summed E-state index contributed by atoms with van der Waals surface area (Å²) in [5, 5.41) is 0.870. The first-order valence-electron chi connectivity index (χ1n) is 11.3. The van der Waals surface area contributed by atoms with Gasteiger partial charge in [-0.1, -0.05) is 48.5 Å². The molecule has 0 unspecified atom stereocenters. The molecule has 0 bridgehead atoms. The van der Waals surface area contributed by atoms with Gasteiger partial charge in [-0.25, -0.2) is 13.6 Å². The summed E-state index contributed by atoms with van der Waals surface area (Å²) in [6, 6.07) is 14.4. The highest BCUT2D eigenvalue weighted by Crippen LogP contribution is 2.41. The van der Waals surface area contributed by atoms with E-state index in [2.05, 4.69) is 4.98 Å². The second-order valence-electron chi connectivity index (χ2n) is 8.51. The maximum absolute atomic E-state index is 14.1. The van der Waals surface area contributed by atoms with Gasteiger partial charge in [0, 0.05) is 29.1 Å². The highest BCUT2D eigenvalue weighted by molar-refractivity contribution is 5.91. The minimum atomic E-state index is -1.77. The zero-order valence-electron chi connectivity index (χ0n) is 19.4. The van der Waals surface area contributed by atoms with Gasteiger partial charge in [-0.3, -0.25) is 4.79 Å². The third-order valence-corrected chi connectivity index (χ3v) is 6.42. The molecule has 1 aromatic heterocycles. The number of aromatic amines is 1. The minimum Gasteiger partial charge on any atom is -0.477 e. The van der Waals surface area contributed by atoms with Gasteiger partial charge >= 0.3 is 5.97 Å². The second kappa shape index (κ2) is 9.61. The molecule has 1 aliphatic rings. The molecular formula is C27H20F4N2O4. The predicted octanol–water partition coefficient (Wildman–Crippen LogP) is 4.82. The van der Waals surface area contributed by atoms with Gasteiger partial charge in [-0.2, -0.15) is 8.78 Å². The highest BCUT2D eigenvalue weighted by Gasteiger charge is 2.44. The molecule has 6 nitrogen and oxygen atoms in total. The number of H-pyrrole nitrogens is 1. The van der Waals surface area contributed by atoms with E-state index in [1.165, 1.54) is 12.0 Å². The molecule has 5 rings (SSSR count). The number of nitrogens with one attached hydrogen (secondary N) is 1. The topological polar surface area (TPSA) is 71.6 Å². The highest BCUT2D eigenvalue weighted by atomic mass is 19.2. The van der Waals surface area contributed by atoms with E-state index < -0.39 is 59.6 Å². The molecule has 0 saturated carbocycles. The molecule has 0 aliphatic carbocycles. The first-order chi connectivity index (χ1) is 17.8. The van der Waals surface area contributed by atoms with E-state index in [0.29, 0.717) is 11.3 Å². The van der Waals surface area contributed by atoms with Gasteiger partial charge in [0.1, 0.15) is 6.04 Å². The lowest BCUT2D eigenvalue weighted by molar-refractivity contribution is -0.156. The Morgan fingerprint density at radius 3 is 2.30 bits per heavy atom. The fourth-order valence-electron chi connectivity index (χ4n) is 4.78. The average Bonchev–Trinajstić information content (AvgIpc) is 3.29. The second-order valence-corrected chi connectivity index (χ2v) is 8.51. The molecule has 2 heterocycles. The number of nitrogens with zero attached hydrogens (tertiary/aromatic N) is 1. The van der Waals surface area contributed by atoms with Gasteiger partial charge in [0.2, 0.25) is 11.6 Å². The lowest BCUT2D eigenvalue weighted by atomic mass is 9.88. The zero-order valence-corrected chi connectivity index (χ0v) is 19.4. The summed E-state index contributed by atoms with van der Waals surface area (Å²) in [4.78, 5) is 31.0. The van der Waals surface area contributed by atoms with Crippen LogP contribution < -0.4 is 4.74 Å². The fourth-order valence-corrected chi connectivity index (χ4v) is 4.78. The average molecular weight is 512 g/mol. The summed E-state index contributed by atoms with van der Waals surface area (Å²) in [6.07, 6.45) is 0.0956. The van der Waals surface area contributed by atoms with Gasteiger partial charge in [-0.05, 0) is 17.2 Å². The molecule has 1 amide bonds.